The molecule has 0 aromatic heterocycles. The van der Waals surface area contributed by atoms with E-state index in [1.165, 1.54) is 10.6 Å². The van der Waals surface area contributed by atoms with E-state index in [9.17, 15) is 8.42 Å². The molecule has 0 aliphatic carbocycles. The summed E-state index contributed by atoms with van der Waals surface area (Å²) in [7, 11) is -3.12. The second-order valence-electron chi connectivity index (χ2n) is 5.30. The fourth-order valence-corrected chi connectivity index (χ4v) is 4.16. The van der Waals surface area contributed by atoms with Gasteiger partial charge >= 0.3 is 0 Å². The molecule has 1 heterocycles. The Morgan fingerprint density at radius 3 is 2.90 bits per heavy atom. The Morgan fingerprint density at radius 1 is 1.48 bits per heavy atom. The molecule has 0 radical (unpaired) electrons. The van der Waals surface area contributed by atoms with Gasteiger partial charge in [-0.25, -0.2) is 12.7 Å². The summed E-state index contributed by atoms with van der Waals surface area (Å²) in [5.74, 6) is 1.35. The number of hydrogen-bond acceptors (Lipinski definition) is 3. The highest BCUT2D eigenvalue weighted by atomic mass is 79.9. The Morgan fingerprint density at radius 2 is 2.24 bits per heavy atom. The highest BCUT2D eigenvalue weighted by molar-refractivity contribution is 9.10. The number of rotatable bonds is 5. The number of para-hydroxylation sites is 1. The molecular formula is C14H19BrClNO3S. The molecule has 7 heteroatoms. The smallest absolute Gasteiger partial charge is 0.211 e. The second-order valence-corrected chi connectivity index (χ2v) is 8.41. The lowest BCUT2D eigenvalue weighted by atomic mass is 10.0. The van der Waals surface area contributed by atoms with Crippen LogP contribution >= 0.6 is 27.5 Å². The summed E-state index contributed by atoms with van der Waals surface area (Å²) >= 11 is 9.39. The maximum Gasteiger partial charge on any atom is 0.211 e. The molecule has 21 heavy (non-hydrogen) atoms. The number of benzene rings is 1. The van der Waals surface area contributed by atoms with E-state index in [0.717, 1.165) is 28.6 Å². The van der Waals surface area contributed by atoms with Gasteiger partial charge in [0.05, 0.1) is 23.2 Å². The van der Waals surface area contributed by atoms with Crippen LogP contribution in [0.2, 0.25) is 0 Å². The van der Waals surface area contributed by atoms with Crippen molar-refractivity contribution in [3.8, 4) is 5.75 Å². The van der Waals surface area contributed by atoms with Gasteiger partial charge in [0, 0.05) is 24.6 Å². The molecule has 0 bridgehead atoms. The highest BCUT2D eigenvalue weighted by Crippen LogP contribution is 2.31. The lowest BCUT2D eigenvalue weighted by molar-refractivity contribution is 0.179. The Labute approximate surface area is 139 Å². The van der Waals surface area contributed by atoms with E-state index >= 15 is 0 Å². The monoisotopic (exact) mass is 395 g/mol. The zero-order chi connectivity index (χ0) is 15.5. The van der Waals surface area contributed by atoms with Crippen molar-refractivity contribution >= 4 is 37.6 Å². The zero-order valence-corrected chi connectivity index (χ0v) is 15.0. The van der Waals surface area contributed by atoms with Crippen LogP contribution in [0.15, 0.2) is 22.7 Å². The number of hydrogen-bond donors (Lipinski definition) is 0. The van der Waals surface area contributed by atoms with Crippen LogP contribution in [0.3, 0.4) is 0 Å². The number of alkyl halides is 1. The van der Waals surface area contributed by atoms with E-state index in [1.54, 1.807) is 0 Å². The first-order valence-electron chi connectivity index (χ1n) is 6.83. The van der Waals surface area contributed by atoms with Crippen molar-refractivity contribution in [3.63, 3.8) is 0 Å². The minimum atomic E-state index is -3.12. The van der Waals surface area contributed by atoms with Crippen molar-refractivity contribution in [1.82, 2.24) is 4.31 Å². The molecule has 1 aromatic carbocycles. The average molecular weight is 397 g/mol. The molecule has 1 atom stereocenters. The van der Waals surface area contributed by atoms with Crippen LogP contribution < -0.4 is 4.74 Å². The maximum atomic E-state index is 11.6. The van der Waals surface area contributed by atoms with Crippen molar-refractivity contribution in [2.45, 2.75) is 18.7 Å². The summed E-state index contributed by atoms with van der Waals surface area (Å²) in [5, 5.41) is 0. The molecule has 1 aliphatic heterocycles. The van der Waals surface area contributed by atoms with Crippen LogP contribution in [0.1, 0.15) is 18.4 Å². The van der Waals surface area contributed by atoms with Crippen molar-refractivity contribution in [1.29, 1.82) is 0 Å². The van der Waals surface area contributed by atoms with Gasteiger partial charge in [0.1, 0.15) is 5.75 Å². The van der Waals surface area contributed by atoms with Crippen LogP contribution in [-0.4, -0.2) is 38.7 Å². The molecule has 0 amide bonds. The summed E-state index contributed by atoms with van der Waals surface area (Å²) in [6.45, 7) is 1.63. The number of halogens is 2. The molecule has 1 saturated heterocycles. The summed E-state index contributed by atoms with van der Waals surface area (Å²) < 4.78 is 31.6. The van der Waals surface area contributed by atoms with Gasteiger partial charge < -0.3 is 4.74 Å². The summed E-state index contributed by atoms with van der Waals surface area (Å²) in [6.07, 6.45) is 3.11. The Balaban J connectivity index is 2.00. The molecule has 1 unspecified atom stereocenters. The van der Waals surface area contributed by atoms with Crippen molar-refractivity contribution in [3.05, 3.63) is 28.2 Å². The third kappa shape index (κ3) is 4.58. The van der Waals surface area contributed by atoms with Gasteiger partial charge in [0.2, 0.25) is 10.0 Å². The van der Waals surface area contributed by atoms with Crippen molar-refractivity contribution < 1.29 is 13.2 Å². The van der Waals surface area contributed by atoms with Crippen LogP contribution in [0.25, 0.3) is 0 Å². The fraction of sp³-hybridized carbons (Fsp3) is 0.571. The summed E-state index contributed by atoms with van der Waals surface area (Å²) in [4.78, 5) is 0. The van der Waals surface area contributed by atoms with E-state index in [0.29, 0.717) is 25.6 Å². The number of piperidine rings is 1. The van der Waals surface area contributed by atoms with E-state index in [1.807, 2.05) is 18.2 Å². The quantitative estimate of drug-likeness (QED) is 0.718. The first kappa shape index (κ1) is 17.1. The first-order valence-corrected chi connectivity index (χ1v) is 10.0. The lowest BCUT2D eigenvalue weighted by Gasteiger charge is -2.31. The predicted molar refractivity (Wildman–Crippen MR) is 88.3 cm³/mol. The number of sulfonamides is 1. The third-order valence-corrected chi connectivity index (χ3v) is 5.79. The van der Waals surface area contributed by atoms with Gasteiger partial charge in [-0.1, -0.05) is 12.1 Å². The van der Waals surface area contributed by atoms with E-state index < -0.39 is 10.0 Å². The molecule has 0 N–H and O–H groups in total. The molecule has 0 saturated carbocycles. The van der Waals surface area contributed by atoms with Gasteiger partial charge in [0.15, 0.2) is 0 Å². The van der Waals surface area contributed by atoms with Crippen molar-refractivity contribution in [2.24, 2.45) is 5.92 Å². The van der Waals surface area contributed by atoms with E-state index in [4.69, 9.17) is 16.3 Å². The van der Waals surface area contributed by atoms with Gasteiger partial charge in [0.25, 0.3) is 0 Å². The van der Waals surface area contributed by atoms with Crippen molar-refractivity contribution in [2.75, 3.05) is 26.0 Å². The minimum Gasteiger partial charge on any atom is -0.492 e. The predicted octanol–water partition coefficient (Wildman–Crippen LogP) is 3.24. The first-order chi connectivity index (χ1) is 9.91. The number of ether oxygens (including phenoxy) is 1. The largest absolute Gasteiger partial charge is 0.492 e. The molecule has 0 spiro atoms. The minimum absolute atomic E-state index is 0.212. The van der Waals surface area contributed by atoms with Gasteiger partial charge in [-0.3, -0.25) is 0 Å². The van der Waals surface area contributed by atoms with Crippen LogP contribution in [0.5, 0.6) is 5.75 Å². The summed E-state index contributed by atoms with van der Waals surface area (Å²) in [6, 6.07) is 5.76. The van der Waals surface area contributed by atoms with Crippen LogP contribution in [0, 0.1) is 5.92 Å². The Hall–Kier alpha value is -0.300. The van der Waals surface area contributed by atoms with Gasteiger partial charge in [-0.05, 0) is 34.8 Å². The molecular weight excluding hydrogens is 378 g/mol. The van der Waals surface area contributed by atoms with Gasteiger partial charge in [-0.15, -0.1) is 11.6 Å². The zero-order valence-electron chi connectivity index (χ0n) is 11.9. The van der Waals surface area contributed by atoms with E-state index in [-0.39, 0.29) is 5.92 Å². The second kappa shape index (κ2) is 7.31. The van der Waals surface area contributed by atoms with Gasteiger partial charge in [-0.2, -0.15) is 0 Å². The fourth-order valence-electron chi connectivity index (χ4n) is 2.49. The molecule has 118 valence electrons. The molecule has 4 nitrogen and oxygen atoms in total. The van der Waals surface area contributed by atoms with Crippen LogP contribution in [-0.2, 0) is 15.9 Å². The molecule has 1 aromatic rings. The standard InChI is InChI=1S/C14H19BrClNO3S/c1-21(18,19)17-7-3-4-11(9-17)10-20-14-12(8-16)5-2-6-13(14)15/h2,5-6,11H,3-4,7-10H2,1H3. The molecule has 1 fully saturated rings. The lowest BCUT2D eigenvalue weighted by Crippen LogP contribution is -2.41. The third-order valence-electron chi connectivity index (χ3n) is 3.61. The Bertz CT molecular complexity index is 594. The Kier molecular flexibility index (Phi) is 5.94. The SMILES string of the molecule is CS(=O)(=O)N1CCCC(COc2c(Br)cccc2CCl)C1. The molecule has 1 aliphatic rings. The highest BCUT2D eigenvalue weighted by Gasteiger charge is 2.26. The van der Waals surface area contributed by atoms with Crippen LogP contribution in [0.4, 0.5) is 0 Å². The number of nitrogens with zero attached hydrogens (tertiary/aromatic N) is 1. The topological polar surface area (TPSA) is 46.6 Å². The van der Waals surface area contributed by atoms with E-state index in [2.05, 4.69) is 15.9 Å². The maximum absolute atomic E-state index is 11.6. The normalized spacial score (nSPS) is 20.4. The summed E-state index contributed by atoms with van der Waals surface area (Å²) in [5.41, 5.74) is 0.932. The molecule has 2 rings (SSSR count). The average Bonchev–Trinajstić information content (AvgIpc) is 2.45.